The van der Waals surface area contributed by atoms with Crippen LogP contribution in [-0.2, 0) is 13.6 Å². The van der Waals surface area contributed by atoms with E-state index in [1.54, 1.807) is 0 Å². The molecule has 0 atom stereocenters. The molecule has 1 heterocycles. The Hall–Kier alpha value is -0.900. The Bertz CT molecular complexity index is 415. The minimum absolute atomic E-state index is 0.443. The summed E-state index contributed by atoms with van der Waals surface area (Å²) in [6, 6.07) is 0. The molecular weight excluding hydrogens is 224 g/mol. The van der Waals surface area contributed by atoms with Crippen LogP contribution in [0.5, 0.6) is 0 Å². The number of aromatic nitrogens is 3. The van der Waals surface area contributed by atoms with E-state index in [0.717, 1.165) is 24.3 Å². The molecule has 4 fully saturated rings. The van der Waals surface area contributed by atoms with Gasteiger partial charge in [0.05, 0.1) is 11.9 Å². The second-order valence-electron chi connectivity index (χ2n) is 6.90. The van der Waals surface area contributed by atoms with E-state index in [9.17, 15) is 0 Å². The van der Waals surface area contributed by atoms with Crippen molar-refractivity contribution in [2.45, 2.75) is 50.6 Å². The first-order valence-corrected chi connectivity index (χ1v) is 7.31. The predicted molar refractivity (Wildman–Crippen MR) is 68.7 cm³/mol. The summed E-state index contributed by atoms with van der Waals surface area (Å²) in [4.78, 5) is 0. The maximum absolute atomic E-state index is 4.01. The molecule has 4 bridgehead atoms. The van der Waals surface area contributed by atoms with E-state index in [2.05, 4.69) is 15.6 Å². The lowest BCUT2D eigenvalue weighted by molar-refractivity contribution is -0.0208. The van der Waals surface area contributed by atoms with Crippen molar-refractivity contribution < 1.29 is 0 Å². The molecule has 4 nitrogen and oxygen atoms in total. The van der Waals surface area contributed by atoms with Crippen LogP contribution in [0.1, 0.15) is 44.2 Å². The summed E-state index contributed by atoms with van der Waals surface area (Å²) in [5, 5.41) is 11.8. The molecule has 0 aliphatic heterocycles. The Morgan fingerprint density at radius 2 is 1.83 bits per heavy atom. The maximum Gasteiger partial charge on any atom is 0.0738 e. The molecule has 1 N–H and O–H groups in total. The molecule has 5 rings (SSSR count). The van der Waals surface area contributed by atoms with Crippen LogP contribution in [-0.4, -0.2) is 20.5 Å². The van der Waals surface area contributed by atoms with Gasteiger partial charge in [-0.25, -0.2) is 0 Å². The van der Waals surface area contributed by atoms with E-state index >= 15 is 0 Å². The van der Waals surface area contributed by atoms with Gasteiger partial charge in [-0.1, -0.05) is 5.21 Å². The standard InChI is InChI=1S/C14H22N4/c1-18-13(9-16-17-18)8-15-14-5-10-2-11(6-14)4-12(3-10)7-14/h9-12,15H,2-8H2,1H3. The van der Waals surface area contributed by atoms with Crippen molar-refractivity contribution in [3.05, 3.63) is 11.9 Å². The van der Waals surface area contributed by atoms with E-state index in [4.69, 9.17) is 0 Å². The van der Waals surface area contributed by atoms with Crippen LogP contribution in [0.2, 0.25) is 0 Å². The number of nitrogens with one attached hydrogen (secondary N) is 1. The van der Waals surface area contributed by atoms with Gasteiger partial charge < -0.3 is 5.32 Å². The van der Waals surface area contributed by atoms with Gasteiger partial charge in [0.1, 0.15) is 0 Å². The SMILES string of the molecule is Cn1nncc1CNC12CC3CC(CC(C3)C1)C2. The maximum atomic E-state index is 4.01. The Labute approximate surface area is 108 Å². The second-order valence-corrected chi connectivity index (χ2v) is 6.90. The van der Waals surface area contributed by atoms with E-state index in [-0.39, 0.29) is 0 Å². The average molecular weight is 246 g/mol. The van der Waals surface area contributed by atoms with E-state index in [1.807, 2.05) is 17.9 Å². The summed E-state index contributed by atoms with van der Waals surface area (Å²) >= 11 is 0. The highest BCUT2D eigenvalue weighted by atomic mass is 15.4. The lowest BCUT2D eigenvalue weighted by Gasteiger charge is -2.57. The third-order valence-electron chi connectivity index (χ3n) is 5.49. The fourth-order valence-electron chi connectivity index (χ4n) is 5.08. The molecule has 0 spiro atoms. The highest BCUT2D eigenvalue weighted by Gasteiger charge is 2.50. The third-order valence-corrected chi connectivity index (χ3v) is 5.49. The summed E-state index contributed by atoms with van der Waals surface area (Å²) in [7, 11) is 1.98. The summed E-state index contributed by atoms with van der Waals surface area (Å²) in [5.74, 6) is 3.02. The quantitative estimate of drug-likeness (QED) is 0.885. The Balaban J connectivity index is 1.49. The molecule has 1 aromatic rings. The Morgan fingerprint density at radius 1 is 1.22 bits per heavy atom. The molecule has 1 aromatic heterocycles. The molecule has 4 heteroatoms. The van der Waals surface area contributed by atoms with Crippen LogP contribution in [0.15, 0.2) is 6.20 Å². The van der Waals surface area contributed by atoms with E-state index in [0.29, 0.717) is 5.54 Å². The van der Waals surface area contributed by atoms with Gasteiger partial charge in [0.25, 0.3) is 0 Å². The molecule has 4 aliphatic rings. The molecule has 98 valence electrons. The van der Waals surface area contributed by atoms with Crippen LogP contribution in [0.25, 0.3) is 0 Å². The first kappa shape index (κ1) is 11.0. The zero-order valence-electron chi connectivity index (χ0n) is 11.1. The van der Waals surface area contributed by atoms with Crippen molar-refractivity contribution in [3.63, 3.8) is 0 Å². The van der Waals surface area contributed by atoms with Gasteiger partial charge in [-0.2, -0.15) is 0 Å². The van der Waals surface area contributed by atoms with Crippen molar-refractivity contribution in [2.75, 3.05) is 0 Å². The Morgan fingerprint density at radius 3 is 2.33 bits per heavy atom. The number of nitrogens with zero attached hydrogens (tertiary/aromatic N) is 3. The number of aryl methyl sites for hydroxylation is 1. The lowest BCUT2D eigenvalue weighted by Crippen LogP contribution is -2.58. The van der Waals surface area contributed by atoms with Gasteiger partial charge >= 0.3 is 0 Å². The van der Waals surface area contributed by atoms with Crippen molar-refractivity contribution in [1.29, 1.82) is 0 Å². The van der Waals surface area contributed by atoms with Gasteiger partial charge in [0.2, 0.25) is 0 Å². The van der Waals surface area contributed by atoms with E-state index in [1.165, 1.54) is 44.2 Å². The fraction of sp³-hybridized carbons (Fsp3) is 0.857. The lowest BCUT2D eigenvalue weighted by atomic mass is 9.53. The smallest absolute Gasteiger partial charge is 0.0738 e. The summed E-state index contributed by atoms with van der Waals surface area (Å²) < 4.78 is 1.88. The molecule has 0 aromatic carbocycles. The monoisotopic (exact) mass is 246 g/mol. The zero-order chi connectivity index (χ0) is 12.2. The van der Waals surface area contributed by atoms with Crippen molar-refractivity contribution >= 4 is 0 Å². The normalized spacial score (nSPS) is 41.5. The van der Waals surface area contributed by atoms with Crippen LogP contribution >= 0.6 is 0 Å². The molecule has 0 unspecified atom stereocenters. The molecule has 0 radical (unpaired) electrons. The van der Waals surface area contributed by atoms with Crippen molar-refractivity contribution in [1.82, 2.24) is 20.3 Å². The number of hydrogen-bond donors (Lipinski definition) is 1. The average Bonchev–Trinajstić information content (AvgIpc) is 2.70. The zero-order valence-corrected chi connectivity index (χ0v) is 11.1. The molecule has 0 amide bonds. The first-order chi connectivity index (χ1) is 8.72. The number of hydrogen-bond acceptors (Lipinski definition) is 3. The van der Waals surface area contributed by atoms with Crippen LogP contribution < -0.4 is 5.32 Å². The predicted octanol–water partition coefficient (Wildman–Crippen LogP) is 1.87. The molecule has 0 saturated heterocycles. The topological polar surface area (TPSA) is 42.7 Å². The third kappa shape index (κ3) is 1.69. The van der Waals surface area contributed by atoms with Crippen LogP contribution in [0.4, 0.5) is 0 Å². The minimum Gasteiger partial charge on any atom is -0.306 e. The largest absolute Gasteiger partial charge is 0.306 e. The van der Waals surface area contributed by atoms with Crippen molar-refractivity contribution in [3.8, 4) is 0 Å². The minimum atomic E-state index is 0.443. The van der Waals surface area contributed by atoms with Gasteiger partial charge in [0, 0.05) is 19.1 Å². The first-order valence-electron chi connectivity index (χ1n) is 7.31. The molecule has 18 heavy (non-hydrogen) atoms. The van der Waals surface area contributed by atoms with Gasteiger partial charge in [-0.3, -0.25) is 4.68 Å². The highest BCUT2D eigenvalue weighted by molar-refractivity contribution is 5.07. The summed E-state index contributed by atoms with van der Waals surface area (Å²) in [6.45, 7) is 0.926. The second kappa shape index (κ2) is 3.80. The van der Waals surface area contributed by atoms with Gasteiger partial charge in [0.15, 0.2) is 0 Å². The molecule has 4 saturated carbocycles. The van der Waals surface area contributed by atoms with Crippen molar-refractivity contribution in [2.24, 2.45) is 24.8 Å². The Kier molecular flexibility index (Phi) is 2.31. The van der Waals surface area contributed by atoms with Crippen LogP contribution in [0.3, 0.4) is 0 Å². The fourth-order valence-corrected chi connectivity index (χ4v) is 5.08. The van der Waals surface area contributed by atoms with Gasteiger partial charge in [-0.05, 0) is 56.3 Å². The molecular formula is C14H22N4. The highest BCUT2D eigenvalue weighted by Crippen LogP contribution is 2.55. The summed E-state index contributed by atoms with van der Waals surface area (Å²) in [5.41, 5.74) is 1.64. The summed E-state index contributed by atoms with van der Waals surface area (Å²) in [6.07, 6.45) is 10.6. The van der Waals surface area contributed by atoms with Crippen LogP contribution in [0, 0.1) is 17.8 Å². The van der Waals surface area contributed by atoms with E-state index < -0.39 is 0 Å². The van der Waals surface area contributed by atoms with Gasteiger partial charge in [-0.15, -0.1) is 5.10 Å². The molecule has 4 aliphatic carbocycles. The number of rotatable bonds is 3.